The normalized spacial score (nSPS) is 37.8. The summed E-state index contributed by atoms with van der Waals surface area (Å²) in [7, 11) is 0. The van der Waals surface area contributed by atoms with Gasteiger partial charge in [-0.15, -0.1) is 23.5 Å². The summed E-state index contributed by atoms with van der Waals surface area (Å²) in [5.41, 5.74) is 0.733. The Morgan fingerprint density at radius 2 is 2.14 bits per heavy atom. The summed E-state index contributed by atoms with van der Waals surface area (Å²) in [4.78, 5) is 11.4. The predicted octanol–water partition coefficient (Wildman–Crippen LogP) is 2.21. The van der Waals surface area contributed by atoms with Gasteiger partial charge in [0.2, 0.25) is 0 Å². The van der Waals surface area contributed by atoms with E-state index in [-0.39, 0.29) is 9.86 Å². The van der Waals surface area contributed by atoms with E-state index in [1.807, 2.05) is 23.5 Å². The van der Waals surface area contributed by atoms with E-state index >= 15 is 0 Å². The molecule has 1 aliphatic heterocycles. The molecule has 2 atom stereocenters. The van der Waals surface area contributed by atoms with Crippen molar-refractivity contribution in [3.8, 4) is 0 Å². The number of hydrogen-bond acceptors (Lipinski definition) is 4. The minimum Gasteiger partial charge on any atom is -0.509 e. The van der Waals surface area contributed by atoms with Gasteiger partial charge in [-0.2, -0.15) is 0 Å². The van der Waals surface area contributed by atoms with Crippen molar-refractivity contribution in [1.29, 1.82) is 0 Å². The van der Waals surface area contributed by atoms with E-state index in [9.17, 15) is 9.90 Å². The highest BCUT2D eigenvalue weighted by molar-refractivity contribution is 8.21. The van der Waals surface area contributed by atoms with Gasteiger partial charge in [-0.1, -0.05) is 0 Å². The second-order valence-electron chi connectivity index (χ2n) is 4.13. The number of carbonyl (C=O) groups is 1. The summed E-state index contributed by atoms with van der Waals surface area (Å²) in [5, 5.41) is 10.1. The molecule has 76 valence electrons. The molecule has 1 N–H and O–H groups in total. The Balaban J connectivity index is 2.06. The molecular weight excluding hydrogens is 216 g/mol. The lowest BCUT2D eigenvalue weighted by molar-refractivity contribution is -0.114. The molecule has 0 aromatic rings. The number of carbonyl (C=O) groups excluding carboxylic acids is 1. The Morgan fingerprint density at radius 3 is 2.64 bits per heavy atom. The molecule has 0 radical (unpaired) electrons. The average molecular weight is 228 g/mol. The number of thioether (sulfide) groups is 2. The fourth-order valence-electron chi connectivity index (χ4n) is 2.68. The van der Waals surface area contributed by atoms with Crippen LogP contribution in [0.25, 0.3) is 0 Å². The van der Waals surface area contributed by atoms with Crippen LogP contribution in [0.3, 0.4) is 0 Å². The predicted molar refractivity (Wildman–Crippen MR) is 59.6 cm³/mol. The second kappa shape index (κ2) is 2.73. The Kier molecular flexibility index (Phi) is 1.78. The van der Waals surface area contributed by atoms with E-state index in [0.29, 0.717) is 17.6 Å². The summed E-state index contributed by atoms with van der Waals surface area (Å²) >= 11 is 3.67. The zero-order valence-electron chi connectivity index (χ0n) is 7.95. The summed E-state index contributed by atoms with van der Waals surface area (Å²) in [6.07, 6.45) is 1.11. The van der Waals surface area contributed by atoms with Crippen LogP contribution in [0.5, 0.6) is 0 Å². The van der Waals surface area contributed by atoms with Crippen molar-refractivity contribution in [2.75, 3.05) is 11.5 Å². The van der Waals surface area contributed by atoms with Gasteiger partial charge in [-0.05, 0) is 25.2 Å². The maximum absolute atomic E-state index is 11.4. The van der Waals surface area contributed by atoms with Crippen molar-refractivity contribution in [2.45, 2.75) is 17.4 Å². The van der Waals surface area contributed by atoms with Crippen LogP contribution in [-0.4, -0.2) is 26.5 Å². The van der Waals surface area contributed by atoms with Gasteiger partial charge < -0.3 is 5.11 Å². The molecule has 3 rings (SSSR count). The number of Topliss-reactive ketones (excluding diaryl/α,β-unsaturated/α-hetero) is 1. The Bertz CT molecular complexity index is 342. The summed E-state index contributed by atoms with van der Waals surface area (Å²) in [6.45, 7) is 1.57. The SMILES string of the molecule is CC(=O)C1=C(O)C2(SCCS2)[C@@H]2C[C@H]12. The molecule has 1 spiro atoms. The molecule has 0 amide bonds. The Morgan fingerprint density at radius 1 is 1.50 bits per heavy atom. The van der Waals surface area contributed by atoms with Gasteiger partial charge in [0.1, 0.15) is 9.84 Å². The zero-order valence-corrected chi connectivity index (χ0v) is 9.58. The maximum atomic E-state index is 11.4. The molecule has 3 aliphatic rings. The van der Waals surface area contributed by atoms with E-state index in [1.54, 1.807) is 6.92 Å². The number of aliphatic hydroxyl groups excluding tert-OH is 1. The summed E-state index contributed by atoms with van der Waals surface area (Å²) in [5.74, 6) is 3.59. The van der Waals surface area contributed by atoms with Crippen molar-refractivity contribution in [2.24, 2.45) is 11.8 Å². The van der Waals surface area contributed by atoms with Crippen molar-refractivity contribution < 1.29 is 9.90 Å². The van der Waals surface area contributed by atoms with Gasteiger partial charge in [-0.25, -0.2) is 0 Å². The van der Waals surface area contributed by atoms with Crippen molar-refractivity contribution in [3.63, 3.8) is 0 Å². The molecule has 1 heterocycles. The zero-order chi connectivity index (χ0) is 9.92. The molecule has 2 aliphatic carbocycles. The van der Waals surface area contributed by atoms with Crippen LogP contribution in [0.1, 0.15) is 13.3 Å². The van der Waals surface area contributed by atoms with E-state index in [2.05, 4.69) is 0 Å². The lowest BCUT2D eigenvalue weighted by Crippen LogP contribution is -2.21. The molecule has 0 unspecified atom stereocenters. The first-order valence-electron chi connectivity index (χ1n) is 4.89. The number of hydrogen-bond donors (Lipinski definition) is 1. The third kappa shape index (κ3) is 0.936. The van der Waals surface area contributed by atoms with Gasteiger partial charge in [0, 0.05) is 17.1 Å². The summed E-state index contributed by atoms with van der Waals surface area (Å²) in [6, 6.07) is 0. The van der Waals surface area contributed by atoms with Gasteiger partial charge in [-0.3, -0.25) is 4.79 Å². The Hall–Kier alpha value is -0.0900. The molecule has 1 saturated heterocycles. The van der Waals surface area contributed by atoms with Crippen LogP contribution in [0, 0.1) is 11.8 Å². The molecule has 4 heteroatoms. The molecule has 0 aromatic carbocycles. The van der Waals surface area contributed by atoms with Gasteiger partial charge >= 0.3 is 0 Å². The lowest BCUT2D eigenvalue weighted by atomic mass is 10.1. The quantitative estimate of drug-likeness (QED) is 0.746. The third-order valence-electron chi connectivity index (χ3n) is 3.33. The maximum Gasteiger partial charge on any atom is 0.159 e. The first kappa shape index (κ1) is 9.16. The monoisotopic (exact) mass is 228 g/mol. The van der Waals surface area contributed by atoms with Crippen LogP contribution in [0.4, 0.5) is 0 Å². The molecule has 0 aromatic heterocycles. The summed E-state index contributed by atoms with van der Waals surface area (Å²) < 4.78 is -0.119. The molecule has 2 nitrogen and oxygen atoms in total. The highest BCUT2D eigenvalue weighted by Gasteiger charge is 2.65. The fraction of sp³-hybridized carbons (Fsp3) is 0.700. The van der Waals surface area contributed by atoms with Crippen LogP contribution in [0.15, 0.2) is 11.3 Å². The van der Waals surface area contributed by atoms with Crippen molar-refractivity contribution in [1.82, 2.24) is 0 Å². The van der Waals surface area contributed by atoms with Crippen molar-refractivity contribution >= 4 is 29.3 Å². The van der Waals surface area contributed by atoms with E-state index in [4.69, 9.17) is 0 Å². The van der Waals surface area contributed by atoms with Crippen LogP contribution >= 0.6 is 23.5 Å². The number of ketones is 1. The first-order valence-corrected chi connectivity index (χ1v) is 6.86. The first-order chi connectivity index (χ1) is 6.67. The smallest absolute Gasteiger partial charge is 0.159 e. The van der Waals surface area contributed by atoms with E-state index in [0.717, 1.165) is 23.5 Å². The Labute approximate surface area is 91.5 Å². The van der Waals surface area contributed by atoms with Crippen LogP contribution in [-0.2, 0) is 4.79 Å². The standard InChI is InChI=1S/C10H12O2S2/c1-5(11)8-6-4-7(6)10(9(8)12)13-2-3-14-10/h6-7,12H,2-4H2,1H3/t6-,7+/m0/s1. The van der Waals surface area contributed by atoms with Gasteiger partial charge in [0.15, 0.2) is 5.78 Å². The second-order valence-corrected chi connectivity index (χ2v) is 7.07. The number of aliphatic hydroxyl groups is 1. The molecular formula is C10H12O2S2. The van der Waals surface area contributed by atoms with Crippen molar-refractivity contribution in [3.05, 3.63) is 11.3 Å². The minimum absolute atomic E-state index is 0.0694. The number of fused-ring (bicyclic) bond motifs is 2. The topological polar surface area (TPSA) is 37.3 Å². The highest BCUT2D eigenvalue weighted by Crippen LogP contribution is 2.70. The van der Waals surface area contributed by atoms with Gasteiger partial charge in [0.25, 0.3) is 0 Å². The molecule has 2 fully saturated rings. The van der Waals surface area contributed by atoms with E-state index in [1.165, 1.54) is 0 Å². The van der Waals surface area contributed by atoms with Crippen LogP contribution < -0.4 is 0 Å². The highest BCUT2D eigenvalue weighted by atomic mass is 32.2. The van der Waals surface area contributed by atoms with Crippen LogP contribution in [0.2, 0.25) is 0 Å². The molecule has 1 saturated carbocycles. The largest absolute Gasteiger partial charge is 0.509 e. The third-order valence-corrected chi connectivity index (χ3v) is 6.96. The average Bonchev–Trinajstić information content (AvgIpc) is 2.70. The lowest BCUT2D eigenvalue weighted by Gasteiger charge is -2.23. The number of rotatable bonds is 1. The minimum atomic E-state index is -0.119. The number of allylic oxidation sites excluding steroid dienone is 1. The van der Waals surface area contributed by atoms with E-state index < -0.39 is 0 Å². The van der Waals surface area contributed by atoms with Gasteiger partial charge in [0.05, 0.1) is 0 Å². The molecule has 14 heavy (non-hydrogen) atoms. The molecule has 0 bridgehead atoms. The fourth-order valence-corrected chi connectivity index (χ4v) is 6.23.